The Balaban J connectivity index is 1.45. The fourth-order valence-corrected chi connectivity index (χ4v) is 3.20. The van der Waals surface area contributed by atoms with E-state index in [4.69, 9.17) is 5.11 Å². The van der Waals surface area contributed by atoms with Crippen molar-refractivity contribution < 1.29 is 14.7 Å². The number of carboxylic acids is 1. The highest BCUT2D eigenvalue weighted by atomic mass is 16.4. The van der Waals surface area contributed by atoms with Crippen LogP contribution in [0.2, 0.25) is 0 Å². The summed E-state index contributed by atoms with van der Waals surface area (Å²) in [4.78, 5) is 27.6. The fraction of sp³-hybridized carbons (Fsp3) is 0.875. The number of carbonyl (C=O) groups excluding carboxylic acids is 1. The molecule has 0 aromatic heterocycles. The number of hydrogen-bond acceptors (Lipinski definition) is 3. The van der Waals surface area contributed by atoms with Crippen LogP contribution < -0.4 is 0 Å². The van der Waals surface area contributed by atoms with Crippen LogP contribution in [0.25, 0.3) is 0 Å². The van der Waals surface area contributed by atoms with Crippen LogP contribution in [0.3, 0.4) is 0 Å². The van der Waals surface area contributed by atoms with Crippen LogP contribution in [0.5, 0.6) is 0 Å². The van der Waals surface area contributed by atoms with Crippen LogP contribution >= 0.6 is 0 Å². The van der Waals surface area contributed by atoms with E-state index in [1.165, 1.54) is 25.7 Å². The SMILES string of the molecule is O=C(O)C1CCN(C(=O)CN(CC2CC2)CC2CC2)CC1. The first-order chi connectivity index (χ1) is 10.1. The molecular formula is C16H26N2O3. The molecule has 0 radical (unpaired) electrons. The average Bonchev–Trinajstić information content (AvgIpc) is 3.35. The topological polar surface area (TPSA) is 60.9 Å². The molecule has 21 heavy (non-hydrogen) atoms. The Kier molecular flexibility index (Phi) is 4.48. The van der Waals surface area contributed by atoms with Crippen LogP contribution in [-0.4, -0.2) is 59.5 Å². The molecule has 1 saturated heterocycles. The Labute approximate surface area is 126 Å². The van der Waals surface area contributed by atoms with Gasteiger partial charge in [-0.1, -0.05) is 0 Å². The predicted octanol–water partition coefficient (Wildman–Crippen LogP) is 1.43. The Morgan fingerprint density at radius 3 is 1.90 bits per heavy atom. The molecule has 2 aliphatic carbocycles. The Bertz CT molecular complexity index is 382. The number of nitrogens with zero attached hydrogens (tertiary/aromatic N) is 2. The minimum atomic E-state index is -0.716. The summed E-state index contributed by atoms with van der Waals surface area (Å²) in [5.74, 6) is 0.845. The zero-order chi connectivity index (χ0) is 14.8. The van der Waals surface area contributed by atoms with Gasteiger partial charge in [0.1, 0.15) is 0 Å². The van der Waals surface area contributed by atoms with Crippen molar-refractivity contribution in [3.05, 3.63) is 0 Å². The molecule has 0 bridgehead atoms. The highest BCUT2D eigenvalue weighted by molar-refractivity contribution is 5.79. The van der Waals surface area contributed by atoms with Gasteiger partial charge in [-0.2, -0.15) is 0 Å². The quantitative estimate of drug-likeness (QED) is 0.771. The molecule has 1 N–H and O–H groups in total. The summed E-state index contributed by atoms with van der Waals surface area (Å²) in [5, 5.41) is 9.01. The Hall–Kier alpha value is -1.10. The summed E-state index contributed by atoms with van der Waals surface area (Å²) in [5.41, 5.74) is 0. The second-order valence-electron chi connectivity index (χ2n) is 7.07. The molecule has 5 nitrogen and oxygen atoms in total. The lowest BCUT2D eigenvalue weighted by Gasteiger charge is -2.32. The minimum absolute atomic E-state index is 0.195. The molecule has 3 fully saturated rings. The monoisotopic (exact) mass is 294 g/mol. The third kappa shape index (κ3) is 4.43. The molecule has 1 heterocycles. The molecule has 0 aromatic rings. The van der Waals surface area contributed by atoms with Crippen LogP contribution in [-0.2, 0) is 9.59 Å². The third-order valence-electron chi connectivity index (χ3n) is 4.98. The summed E-state index contributed by atoms with van der Waals surface area (Å²) in [7, 11) is 0. The van der Waals surface area contributed by atoms with Gasteiger partial charge >= 0.3 is 5.97 Å². The summed E-state index contributed by atoms with van der Waals surface area (Å²) in [6.45, 7) is 3.90. The first-order valence-corrected chi connectivity index (χ1v) is 8.34. The smallest absolute Gasteiger partial charge is 0.306 e. The second-order valence-corrected chi connectivity index (χ2v) is 7.07. The Morgan fingerprint density at radius 2 is 1.48 bits per heavy atom. The van der Waals surface area contributed by atoms with E-state index in [9.17, 15) is 9.59 Å². The van der Waals surface area contributed by atoms with Gasteiger partial charge in [-0.15, -0.1) is 0 Å². The molecule has 3 aliphatic rings. The normalized spacial score (nSPS) is 23.6. The van der Waals surface area contributed by atoms with E-state index in [1.54, 1.807) is 0 Å². The van der Waals surface area contributed by atoms with Crippen molar-refractivity contribution in [2.24, 2.45) is 17.8 Å². The maximum Gasteiger partial charge on any atom is 0.306 e. The van der Waals surface area contributed by atoms with Crippen molar-refractivity contribution >= 4 is 11.9 Å². The summed E-state index contributed by atoms with van der Waals surface area (Å²) < 4.78 is 0. The number of carboxylic acid groups (broad SMARTS) is 1. The maximum atomic E-state index is 12.4. The molecule has 118 valence electrons. The van der Waals surface area contributed by atoms with Gasteiger partial charge < -0.3 is 10.0 Å². The first kappa shape index (κ1) is 14.8. The maximum absolute atomic E-state index is 12.4. The summed E-state index contributed by atoms with van der Waals surface area (Å²) >= 11 is 0. The predicted molar refractivity (Wildman–Crippen MR) is 78.8 cm³/mol. The summed E-state index contributed by atoms with van der Waals surface area (Å²) in [6, 6.07) is 0. The van der Waals surface area contributed by atoms with Gasteiger partial charge in [0.25, 0.3) is 0 Å². The van der Waals surface area contributed by atoms with E-state index >= 15 is 0 Å². The van der Waals surface area contributed by atoms with Gasteiger partial charge in [0.05, 0.1) is 12.5 Å². The minimum Gasteiger partial charge on any atom is -0.481 e. The molecular weight excluding hydrogens is 268 g/mol. The lowest BCUT2D eigenvalue weighted by molar-refractivity contribution is -0.146. The molecule has 0 unspecified atom stereocenters. The van der Waals surface area contributed by atoms with E-state index in [2.05, 4.69) is 4.90 Å². The van der Waals surface area contributed by atoms with E-state index in [1.807, 2.05) is 4.90 Å². The lowest BCUT2D eigenvalue weighted by Crippen LogP contribution is -2.45. The zero-order valence-electron chi connectivity index (χ0n) is 12.7. The van der Waals surface area contributed by atoms with Crippen molar-refractivity contribution in [2.45, 2.75) is 38.5 Å². The van der Waals surface area contributed by atoms with Crippen molar-refractivity contribution in [2.75, 3.05) is 32.7 Å². The third-order valence-corrected chi connectivity index (χ3v) is 4.98. The van der Waals surface area contributed by atoms with E-state index in [0.717, 1.165) is 24.9 Å². The van der Waals surface area contributed by atoms with Crippen LogP contribution in [0, 0.1) is 17.8 Å². The van der Waals surface area contributed by atoms with Crippen LogP contribution in [0.15, 0.2) is 0 Å². The molecule has 0 spiro atoms. The van der Waals surface area contributed by atoms with E-state index in [0.29, 0.717) is 32.5 Å². The molecule has 2 saturated carbocycles. The molecule has 0 aromatic carbocycles. The van der Waals surface area contributed by atoms with Crippen LogP contribution in [0.1, 0.15) is 38.5 Å². The standard InChI is InChI=1S/C16H26N2O3/c19-15(18-7-5-14(6-8-18)16(20)21)11-17(9-12-1-2-12)10-13-3-4-13/h12-14H,1-11H2,(H,20,21). The average molecular weight is 294 g/mol. The van der Waals surface area contributed by atoms with Gasteiger partial charge in [0, 0.05) is 26.2 Å². The van der Waals surface area contributed by atoms with Crippen molar-refractivity contribution in [1.82, 2.24) is 9.80 Å². The highest BCUT2D eigenvalue weighted by Gasteiger charge is 2.32. The first-order valence-electron chi connectivity index (χ1n) is 8.34. The molecule has 0 atom stereocenters. The van der Waals surface area contributed by atoms with Gasteiger partial charge in [0.15, 0.2) is 0 Å². The number of rotatable bonds is 7. The van der Waals surface area contributed by atoms with Crippen LogP contribution in [0.4, 0.5) is 0 Å². The number of carbonyl (C=O) groups is 2. The van der Waals surface area contributed by atoms with Crippen molar-refractivity contribution in [1.29, 1.82) is 0 Å². The van der Waals surface area contributed by atoms with E-state index in [-0.39, 0.29) is 11.8 Å². The van der Waals surface area contributed by atoms with Crippen molar-refractivity contribution in [3.63, 3.8) is 0 Å². The number of amides is 1. The molecule has 3 rings (SSSR count). The van der Waals surface area contributed by atoms with Gasteiger partial charge in [0.2, 0.25) is 5.91 Å². The second kappa shape index (κ2) is 6.34. The highest BCUT2D eigenvalue weighted by Crippen LogP contribution is 2.33. The fourth-order valence-electron chi connectivity index (χ4n) is 3.20. The molecule has 5 heteroatoms. The largest absolute Gasteiger partial charge is 0.481 e. The van der Waals surface area contributed by atoms with E-state index < -0.39 is 5.97 Å². The van der Waals surface area contributed by atoms with Gasteiger partial charge in [-0.05, 0) is 50.4 Å². The number of hydrogen-bond donors (Lipinski definition) is 1. The van der Waals surface area contributed by atoms with Gasteiger partial charge in [-0.3, -0.25) is 14.5 Å². The number of piperidine rings is 1. The lowest BCUT2D eigenvalue weighted by atomic mass is 9.97. The number of aliphatic carboxylic acids is 1. The zero-order valence-corrected chi connectivity index (χ0v) is 12.7. The van der Waals surface area contributed by atoms with Crippen molar-refractivity contribution in [3.8, 4) is 0 Å². The van der Waals surface area contributed by atoms with Gasteiger partial charge in [-0.25, -0.2) is 0 Å². The number of likely N-dealkylation sites (tertiary alicyclic amines) is 1. The Morgan fingerprint density at radius 1 is 0.952 bits per heavy atom. The molecule has 1 aliphatic heterocycles. The molecule has 1 amide bonds. The summed E-state index contributed by atoms with van der Waals surface area (Å²) in [6.07, 6.45) is 6.48.